The van der Waals surface area contributed by atoms with Gasteiger partial charge in [0.25, 0.3) is 0 Å². The number of carbonyl (C=O) groups is 1. The van der Waals surface area contributed by atoms with Crippen LogP contribution in [-0.4, -0.2) is 70.9 Å². The molecule has 1 amide bonds. The van der Waals surface area contributed by atoms with Crippen LogP contribution in [0.15, 0.2) is 0 Å². The van der Waals surface area contributed by atoms with E-state index in [0.717, 1.165) is 0 Å². The van der Waals surface area contributed by atoms with Gasteiger partial charge in [0, 0.05) is 19.8 Å². The highest BCUT2D eigenvalue weighted by Crippen LogP contribution is 2.57. The molecule has 0 radical (unpaired) electrons. The fourth-order valence-electron chi connectivity index (χ4n) is 2.30. The van der Waals surface area contributed by atoms with Crippen molar-refractivity contribution in [2.45, 2.75) is 62.7 Å². The summed E-state index contributed by atoms with van der Waals surface area (Å²) in [4.78, 5) is 11.3. The summed E-state index contributed by atoms with van der Waals surface area (Å²) in [5.41, 5.74) is 0. The Morgan fingerprint density at radius 2 is 1.28 bits per heavy atom. The molecular weight excluding hydrogens is 495 g/mol. The average Bonchev–Trinajstić information content (AvgIpc) is 2.62. The van der Waals surface area contributed by atoms with Crippen LogP contribution in [-0.2, 0) is 13.6 Å². The normalized spacial score (nSPS) is 14.4. The highest BCUT2D eigenvalue weighted by molar-refractivity contribution is 6.66. The van der Waals surface area contributed by atoms with E-state index in [1.54, 1.807) is 20.4 Å². The molecule has 0 atom stereocenters. The lowest BCUT2D eigenvalue weighted by Gasteiger charge is -2.36. The summed E-state index contributed by atoms with van der Waals surface area (Å²) in [6.07, 6.45) is -8.93. The van der Waals surface area contributed by atoms with Gasteiger partial charge in [-0.1, -0.05) is 0 Å². The zero-order valence-corrected chi connectivity index (χ0v) is 18.0. The van der Waals surface area contributed by atoms with E-state index in [0.29, 0.717) is 19.3 Å². The Morgan fingerprint density at radius 1 is 0.812 bits per heavy atom. The van der Waals surface area contributed by atoms with Crippen molar-refractivity contribution < 1.29 is 66.7 Å². The summed E-state index contributed by atoms with van der Waals surface area (Å²) in [6, 6.07) is 0.294. The molecular formula is C15H22F11NO4Si. The van der Waals surface area contributed by atoms with E-state index in [9.17, 15) is 53.1 Å². The molecule has 0 saturated carbocycles. The molecule has 5 nitrogen and oxygen atoms in total. The van der Waals surface area contributed by atoms with Crippen LogP contribution in [0.4, 0.5) is 53.1 Å². The number of rotatable bonds is 13. The predicted octanol–water partition coefficient (Wildman–Crippen LogP) is 5.35. The van der Waals surface area contributed by atoms with Crippen molar-refractivity contribution in [3.05, 3.63) is 0 Å². The van der Waals surface area contributed by atoms with E-state index in [1.165, 1.54) is 0 Å². The first-order valence-electron chi connectivity index (χ1n) is 8.99. The van der Waals surface area contributed by atoms with Crippen LogP contribution in [0.2, 0.25) is 12.6 Å². The average molecular weight is 517 g/mol. The van der Waals surface area contributed by atoms with Crippen LogP contribution < -0.4 is 5.32 Å². The Balaban J connectivity index is 4.97. The lowest BCUT2D eigenvalue weighted by atomic mass is 9.98. The largest absolute Gasteiger partial charge is 0.460 e. The zero-order chi connectivity index (χ0) is 25.6. The predicted molar refractivity (Wildman–Crippen MR) is 89.5 cm³/mol. The molecule has 0 aromatic carbocycles. The summed E-state index contributed by atoms with van der Waals surface area (Å²) in [6.45, 7) is 2.55. The standard InChI is InChI=1S/C15H22F11NO4Si/c1-4-30-32(3,31-5-2)8-6-7-27-10(28)29-9-11(16,17)12(18,19)13(20,21)14(22,23)15(24,25)26/h4-9H2,1-3H3,(H,27,28). The monoisotopic (exact) mass is 517 g/mol. The van der Waals surface area contributed by atoms with Crippen LogP contribution >= 0.6 is 0 Å². The van der Waals surface area contributed by atoms with Crippen LogP contribution in [0.3, 0.4) is 0 Å². The Hall–Kier alpha value is -1.36. The van der Waals surface area contributed by atoms with Crippen molar-refractivity contribution in [2.24, 2.45) is 0 Å². The van der Waals surface area contributed by atoms with Crippen molar-refractivity contribution in [2.75, 3.05) is 26.4 Å². The third-order valence-corrected chi connectivity index (χ3v) is 7.03. The Labute approximate surface area is 176 Å². The number of amides is 1. The molecule has 0 aromatic rings. The third-order valence-electron chi connectivity index (χ3n) is 3.96. The molecule has 0 spiro atoms. The summed E-state index contributed by atoms with van der Waals surface area (Å²) in [5, 5.41) is 1.81. The first kappa shape index (κ1) is 30.6. The maximum atomic E-state index is 13.4. The van der Waals surface area contributed by atoms with E-state index in [4.69, 9.17) is 8.85 Å². The summed E-state index contributed by atoms with van der Waals surface area (Å²) >= 11 is 0. The number of hydrogen-bond acceptors (Lipinski definition) is 4. The van der Waals surface area contributed by atoms with E-state index >= 15 is 0 Å². The van der Waals surface area contributed by atoms with Crippen molar-refractivity contribution in [3.63, 3.8) is 0 Å². The van der Waals surface area contributed by atoms with Gasteiger partial charge in [0.05, 0.1) is 0 Å². The lowest BCUT2D eigenvalue weighted by Crippen LogP contribution is -2.67. The molecule has 0 aliphatic carbocycles. The van der Waals surface area contributed by atoms with Gasteiger partial charge in [0.15, 0.2) is 6.61 Å². The maximum absolute atomic E-state index is 13.4. The van der Waals surface area contributed by atoms with Crippen molar-refractivity contribution in [3.8, 4) is 0 Å². The Bertz CT molecular complexity index is 611. The van der Waals surface area contributed by atoms with Gasteiger partial charge in [-0.2, -0.15) is 48.3 Å². The molecule has 0 unspecified atom stereocenters. The van der Waals surface area contributed by atoms with Crippen molar-refractivity contribution in [1.29, 1.82) is 0 Å². The van der Waals surface area contributed by atoms with Crippen LogP contribution in [0.5, 0.6) is 0 Å². The highest BCUT2D eigenvalue weighted by atomic mass is 28.4. The number of hydrogen-bond donors (Lipinski definition) is 1. The fraction of sp³-hybridized carbons (Fsp3) is 0.933. The molecule has 17 heteroatoms. The van der Waals surface area contributed by atoms with Crippen LogP contribution in [0.25, 0.3) is 0 Å². The van der Waals surface area contributed by atoms with Gasteiger partial charge in [-0.15, -0.1) is 0 Å². The van der Waals surface area contributed by atoms with E-state index in [2.05, 4.69) is 4.74 Å². The van der Waals surface area contributed by atoms with Gasteiger partial charge in [0.1, 0.15) is 0 Å². The summed E-state index contributed by atoms with van der Waals surface area (Å²) in [7, 11) is -2.61. The first-order chi connectivity index (χ1) is 14.2. The lowest BCUT2D eigenvalue weighted by molar-refractivity contribution is -0.423. The molecule has 0 bridgehead atoms. The number of carbonyl (C=O) groups excluding carboxylic acids is 1. The van der Waals surface area contributed by atoms with Crippen LogP contribution in [0.1, 0.15) is 20.3 Å². The number of halogens is 11. The molecule has 32 heavy (non-hydrogen) atoms. The molecule has 0 saturated heterocycles. The molecule has 0 rings (SSSR count). The van der Waals surface area contributed by atoms with Gasteiger partial charge in [-0.05, 0) is 32.9 Å². The molecule has 0 aliphatic heterocycles. The second-order valence-corrected chi connectivity index (χ2v) is 9.88. The zero-order valence-electron chi connectivity index (χ0n) is 17.0. The summed E-state index contributed by atoms with van der Waals surface area (Å²) in [5.74, 6) is -28.5. The Kier molecular flexibility index (Phi) is 10.3. The number of ether oxygens (including phenoxy) is 1. The minimum Gasteiger partial charge on any atom is -0.443 e. The van der Waals surface area contributed by atoms with Gasteiger partial charge >= 0.3 is 44.5 Å². The van der Waals surface area contributed by atoms with Crippen molar-refractivity contribution >= 4 is 14.7 Å². The molecule has 0 heterocycles. The number of nitrogens with one attached hydrogen (secondary N) is 1. The van der Waals surface area contributed by atoms with Crippen LogP contribution in [0, 0.1) is 0 Å². The van der Waals surface area contributed by atoms with Crippen molar-refractivity contribution in [1.82, 2.24) is 5.32 Å². The minimum atomic E-state index is -7.55. The van der Waals surface area contributed by atoms with Gasteiger partial charge in [-0.3, -0.25) is 0 Å². The fourth-order valence-corrected chi connectivity index (χ4v) is 4.71. The van der Waals surface area contributed by atoms with E-state index in [-0.39, 0.29) is 13.0 Å². The maximum Gasteiger partial charge on any atom is 0.460 e. The van der Waals surface area contributed by atoms with Gasteiger partial charge in [0.2, 0.25) is 0 Å². The van der Waals surface area contributed by atoms with E-state index in [1.807, 2.05) is 5.32 Å². The Morgan fingerprint density at radius 3 is 1.69 bits per heavy atom. The molecule has 0 fully saturated rings. The highest BCUT2D eigenvalue weighted by Gasteiger charge is 2.87. The third kappa shape index (κ3) is 6.82. The SMILES string of the molecule is CCO[Si](C)(CCCNC(=O)OCC(F)(F)C(F)(F)C(F)(F)C(F)(F)C(F)(F)F)OCC. The molecule has 192 valence electrons. The minimum absolute atomic E-state index is 0.139. The second-order valence-electron chi connectivity index (χ2n) is 6.53. The molecule has 1 N–H and O–H groups in total. The second kappa shape index (κ2) is 10.7. The first-order valence-corrected chi connectivity index (χ1v) is 11.5. The van der Waals surface area contributed by atoms with E-state index < -0.39 is 51.1 Å². The summed E-state index contributed by atoms with van der Waals surface area (Å²) < 4.78 is 156. The van der Waals surface area contributed by atoms with Gasteiger partial charge in [-0.25, -0.2) is 4.79 Å². The smallest absolute Gasteiger partial charge is 0.443 e. The number of alkyl halides is 11. The number of alkyl carbamates (subject to hydrolysis) is 1. The molecule has 0 aliphatic rings. The quantitative estimate of drug-likeness (QED) is 0.203. The molecule has 0 aromatic heterocycles. The topological polar surface area (TPSA) is 56.8 Å². The van der Waals surface area contributed by atoms with Gasteiger partial charge < -0.3 is 18.9 Å².